The molecule has 0 aliphatic carbocycles. The van der Waals surface area contributed by atoms with Crippen LogP contribution in [0.5, 0.6) is 0 Å². The van der Waals surface area contributed by atoms with E-state index < -0.39 is 0 Å². The highest BCUT2D eigenvalue weighted by atomic mass is 127. The van der Waals surface area contributed by atoms with Gasteiger partial charge in [0.05, 0.1) is 11.9 Å². The first-order valence-corrected chi connectivity index (χ1v) is 8.73. The molecule has 15 heavy (non-hydrogen) atoms. The van der Waals surface area contributed by atoms with E-state index >= 15 is 0 Å². The van der Waals surface area contributed by atoms with Crippen LogP contribution in [0.25, 0.3) is 10.9 Å². The van der Waals surface area contributed by atoms with Crippen molar-refractivity contribution in [1.29, 1.82) is 0 Å². The number of aromatic nitrogens is 2. The quantitative estimate of drug-likeness (QED) is 0.597. The standard InChI is InChI=1S/C10H11FIN2P/c1-6(2)8-3-7-5-14(15-12)13-10(7)4-9(8)11/h3-6,15H,1-2H3. The van der Waals surface area contributed by atoms with Gasteiger partial charge in [-0.05, 0) is 39.6 Å². The zero-order valence-electron chi connectivity index (χ0n) is 8.46. The Hall–Kier alpha value is -0.220. The SMILES string of the molecule is CC(C)c1cc2cn(PI)nc2cc1F. The molecule has 0 radical (unpaired) electrons. The maximum Gasteiger partial charge on any atom is 0.128 e. The van der Waals surface area contributed by atoms with Crippen molar-refractivity contribution in [3.05, 3.63) is 29.7 Å². The van der Waals surface area contributed by atoms with Gasteiger partial charge in [0.2, 0.25) is 0 Å². The number of nitrogens with zero attached hydrogens (tertiary/aromatic N) is 2. The molecule has 1 atom stereocenters. The van der Waals surface area contributed by atoms with E-state index in [4.69, 9.17) is 0 Å². The molecule has 0 bridgehead atoms. The third-order valence-electron chi connectivity index (χ3n) is 2.33. The predicted molar refractivity (Wildman–Crippen MR) is 71.5 cm³/mol. The largest absolute Gasteiger partial charge is 0.244 e. The van der Waals surface area contributed by atoms with Gasteiger partial charge in [0.1, 0.15) is 5.82 Å². The fourth-order valence-corrected chi connectivity index (χ4v) is 2.62. The minimum absolute atomic E-state index is 0.153. The maximum absolute atomic E-state index is 13.6. The summed E-state index contributed by atoms with van der Waals surface area (Å²) in [4.78, 5) is 0. The van der Waals surface area contributed by atoms with Crippen LogP contribution in [-0.4, -0.2) is 9.55 Å². The Balaban J connectivity index is 2.63. The topological polar surface area (TPSA) is 17.8 Å². The van der Waals surface area contributed by atoms with Crippen LogP contribution in [0.1, 0.15) is 25.3 Å². The third-order valence-corrected chi connectivity index (χ3v) is 4.22. The Labute approximate surface area is 103 Å². The molecule has 0 N–H and O–H groups in total. The molecule has 2 rings (SSSR count). The second-order valence-corrected chi connectivity index (χ2v) is 5.82. The van der Waals surface area contributed by atoms with Crippen molar-refractivity contribution in [3.8, 4) is 0 Å². The lowest BCUT2D eigenvalue weighted by Gasteiger charge is -2.05. The molecule has 0 spiro atoms. The fourth-order valence-electron chi connectivity index (χ4n) is 1.55. The van der Waals surface area contributed by atoms with Crippen molar-refractivity contribution in [2.75, 3.05) is 0 Å². The summed E-state index contributed by atoms with van der Waals surface area (Å²) in [5, 5.41) is 5.29. The number of rotatable bonds is 2. The second kappa shape index (κ2) is 4.34. The van der Waals surface area contributed by atoms with E-state index in [9.17, 15) is 4.39 Å². The second-order valence-electron chi connectivity index (χ2n) is 3.75. The van der Waals surface area contributed by atoms with Crippen LogP contribution in [0.2, 0.25) is 0 Å². The van der Waals surface area contributed by atoms with Gasteiger partial charge in [-0.2, -0.15) is 5.10 Å². The lowest BCUT2D eigenvalue weighted by Crippen LogP contribution is -1.92. The van der Waals surface area contributed by atoms with Crippen molar-refractivity contribution in [1.82, 2.24) is 9.55 Å². The number of fused-ring (bicyclic) bond motifs is 1. The van der Waals surface area contributed by atoms with Gasteiger partial charge in [-0.15, -0.1) is 0 Å². The van der Waals surface area contributed by atoms with E-state index in [1.165, 1.54) is 6.07 Å². The summed E-state index contributed by atoms with van der Waals surface area (Å²) in [5.41, 5.74) is 1.50. The predicted octanol–water partition coefficient (Wildman–Crippen LogP) is 4.09. The van der Waals surface area contributed by atoms with Gasteiger partial charge in [-0.3, -0.25) is 0 Å². The molecule has 0 saturated heterocycles. The Morgan fingerprint density at radius 2 is 2.20 bits per heavy atom. The first kappa shape index (κ1) is 11.3. The van der Waals surface area contributed by atoms with Gasteiger partial charge < -0.3 is 0 Å². The van der Waals surface area contributed by atoms with Crippen molar-refractivity contribution in [3.63, 3.8) is 0 Å². The molecule has 1 aromatic carbocycles. The zero-order chi connectivity index (χ0) is 11.0. The van der Waals surface area contributed by atoms with Crippen molar-refractivity contribution in [2.45, 2.75) is 19.8 Å². The Bertz CT molecular complexity index is 495. The molecule has 2 nitrogen and oxygen atoms in total. The molecule has 80 valence electrons. The first-order chi connectivity index (χ1) is 7.11. The van der Waals surface area contributed by atoms with E-state index in [1.54, 1.807) is 0 Å². The monoisotopic (exact) mass is 336 g/mol. The van der Waals surface area contributed by atoms with Crippen LogP contribution in [0, 0.1) is 5.82 Å². The highest BCUT2D eigenvalue weighted by Crippen LogP contribution is 2.28. The number of halogens is 2. The number of hydrogen-bond acceptors (Lipinski definition) is 1. The molecule has 0 aliphatic heterocycles. The van der Waals surface area contributed by atoms with Crippen LogP contribution < -0.4 is 0 Å². The lowest BCUT2D eigenvalue weighted by molar-refractivity contribution is 0.600. The molecule has 0 amide bonds. The Kier molecular flexibility index (Phi) is 3.26. The normalized spacial score (nSPS) is 12.3. The fraction of sp³-hybridized carbons (Fsp3) is 0.300. The average molecular weight is 336 g/mol. The molecule has 1 unspecified atom stereocenters. The lowest BCUT2D eigenvalue weighted by atomic mass is 10.0. The van der Waals surface area contributed by atoms with Crippen molar-refractivity contribution in [2.24, 2.45) is 0 Å². The molecule has 0 fully saturated rings. The van der Waals surface area contributed by atoms with Crippen LogP contribution >= 0.6 is 28.4 Å². The van der Waals surface area contributed by atoms with Gasteiger partial charge in [0.25, 0.3) is 0 Å². The van der Waals surface area contributed by atoms with Crippen molar-refractivity contribution >= 4 is 39.3 Å². The highest BCUT2D eigenvalue weighted by Gasteiger charge is 2.10. The molecule has 1 aromatic heterocycles. The van der Waals surface area contributed by atoms with Crippen LogP contribution in [-0.2, 0) is 0 Å². The van der Waals surface area contributed by atoms with Crippen LogP contribution in [0.4, 0.5) is 4.39 Å². The molecule has 5 heteroatoms. The van der Waals surface area contributed by atoms with Gasteiger partial charge in [-0.25, -0.2) is 8.84 Å². The minimum atomic E-state index is -0.153. The van der Waals surface area contributed by atoms with E-state index in [0.29, 0.717) is 6.37 Å². The maximum atomic E-state index is 13.6. The first-order valence-electron chi connectivity index (χ1n) is 4.67. The Morgan fingerprint density at radius 1 is 1.47 bits per heavy atom. The van der Waals surface area contributed by atoms with Gasteiger partial charge in [-0.1, -0.05) is 13.8 Å². The van der Waals surface area contributed by atoms with E-state index in [2.05, 4.69) is 27.1 Å². The highest BCUT2D eigenvalue weighted by molar-refractivity contribution is 14.2. The molecule has 0 saturated carbocycles. The number of hydrogen-bond donors (Lipinski definition) is 0. The van der Waals surface area contributed by atoms with Gasteiger partial charge in [0.15, 0.2) is 0 Å². The summed E-state index contributed by atoms with van der Waals surface area (Å²) in [6, 6.07) is 3.42. The molecular formula is C10H11FIN2P. The van der Waals surface area contributed by atoms with Gasteiger partial charge >= 0.3 is 0 Å². The summed E-state index contributed by atoms with van der Waals surface area (Å²) in [7, 11) is 0. The van der Waals surface area contributed by atoms with Gasteiger partial charge in [0, 0.05) is 17.6 Å². The summed E-state index contributed by atoms with van der Waals surface area (Å²) < 4.78 is 15.5. The molecule has 1 heterocycles. The van der Waals surface area contributed by atoms with Crippen LogP contribution in [0.15, 0.2) is 18.3 Å². The van der Waals surface area contributed by atoms with Crippen LogP contribution in [0.3, 0.4) is 0 Å². The summed E-state index contributed by atoms with van der Waals surface area (Å²) in [6.07, 6.45) is 2.52. The molecular weight excluding hydrogens is 325 g/mol. The molecule has 2 aromatic rings. The molecule has 0 aliphatic rings. The number of benzene rings is 1. The van der Waals surface area contributed by atoms with E-state index in [1.807, 2.05) is 30.6 Å². The van der Waals surface area contributed by atoms with E-state index in [0.717, 1.165) is 16.5 Å². The smallest absolute Gasteiger partial charge is 0.128 e. The third kappa shape index (κ3) is 2.16. The van der Waals surface area contributed by atoms with Crippen molar-refractivity contribution < 1.29 is 4.39 Å². The van der Waals surface area contributed by atoms with E-state index in [-0.39, 0.29) is 11.7 Å². The summed E-state index contributed by atoms with van der Waals surface area (Å²) in [5.74, 6) is 0.0549. The minimum Gasteiger partial charge on any atom is -0.244 e. The Morgan fingerprint density at radius 3 is 2.80 bits per heavy atom. The zero-order valence-corrected chi connectivity index (χ0v) is 11.6. The average Bonchev–Trinajstić information content (AvgIpc) is 2.58. The summed E-state index contributed by atoms with van der Waals surface area (Å²) >= 11 is 2.25. The summed E-state index contributed by atoms with van der Waals surface area (Å²) in [6.45, 7) is 3.99.